The van der Waals surface area contributed by atoms with Crippen LogP contribution in [0.3, 0.4) is 0 Å². The van der Waals surface area contributed by atoms with Gasteiger partial charge < -0.3 is 0 Å². The number of benzene rings is 1. The van der Waals surface area contributed by atoms with Gasteiger partial charge in [-0.1, -0.05) is 19.9 Å². The zero-order valence-electron chi connectivity index (χ0n) is 14.1. The van der Waals surface area contributed by atoms with E-state index in [0.717, 1.165) is 0 Å². The molecule has 0 spiro atoms. The molecule has 0 radical (unpaired) electrons. The van der Waals surface area contributed by atoms with E-state index in [-0.39, 0.29) is 26.6 Å². The highest BCUT2D eigenvalue weighted by molar-refractivity contribution is 7.92. The topological polar surface area (TPSA) is 128 Å². The predicted molar refractivity (Wildman–Crippen MR) is 89.1 cm³/mol. The molecule has 2 aliphatic rings. The lowest BCUT2D eigenvalue weighted by Gasteiger charge is -2.33. The van der Waals surface area contributed by atoms with Gasteiger partial charge in [0.05, 0.1) is 20.1 Å². The molecule has 0 aromatic heterocycles. The molecule has 136 valence electrons. The molecule has 8 nitrogen and oxygen atoms in total. The molecule has 0 aliphatic carbocycles. The Hall–Kier alpha value is -2.07. The van der Waals surface area contributed by atoms with Gasteiger partial charge in [-0.2, -0.15) is 8.42 Å². The molecule has 0 saturated carbocycles. The highest BCUT2D eigenvalue weighted by Gasteiger charge is 2.46. The number of nitro groups is 1. The second-order valence-electron chi connectivity index (χ2n) is 7.23. The number of carbonyl (C=O) groups excluding carboxylic acids is 1. The van der Waals surface area contributed by atoms with E-state index in [2.05, 4.69) is 0 Å². The fourth-order valence-electron chi connectivity index (χ4n) is 3.34. The van der Waals surface area contributed by atoms with Crippen LogP contribution in [0.1, 0.15) is 39.7 Å². The van der Waals surface area contributed by atoms with Crippen LogP contribution in [-0.2, 0) is 24.9 Å². The number of fused-ring (bicyclic) bond motifs is 2. The second kappa shape index (κ2) is 5.73. The van der Waals surface area contributed by atoms with Crippen molar-refractivity contribution in [2.24, 2.45) is 10.8 Å². The first-order valence-electron chi connectivity index (χ1n) is 7.27. The fraction of sp³-hybridized carbons (Fsp3) is 0.467. The standard InChI is InChI=1S/C15H17NO7S2/c1-14(2,8-15(3,4)13(17)16(18)19)12(24(20)21)10-6-5-9-7-11(10)25(9,22)23/h5-7H,8H2,1-4H3. The quantitative estimate of drug-likeness (QED) is 0.329. The van der Waals surface area contributed by atoms with Crippen molar-refractivity contribution in [3.63, 3.8) is 0 Å². The summed E-state index contributed by atoms with van der Waals surface area (Å²) >= 11 is 0. The van der Waals surface area contributed by atoms with Gasteiger partial charge in [0.1, 0.15) is 4.92 Å². The zero-order chi connectivity index (χ0) is 19.4. The largest absolute Gasteiger partial charge is 0.450 e. The molecule has 0 saturated heterocycles. The van der Waals surface area contributed by atoms with E-state index in [4.69, 9.17) is 0 Å². The molecule has 0 N–H and O–H groups in total. The van der Waals surface area contributed by atoms with Crippen LogP contribution in [0.5, 0.6) is 0 Å². The van der Waals surface area contributed by atoms with Crippen LogP contribution >= 0.6 is 0 Å². The van der Waals surface area contributed by atoms with Gasteiger partial charge in [0, 0.05) is 11.0 Å². The Morgan fingerprint density at radius 3 is 2.12 bits per heavy atom. The Morgan fingerprint density at radius 1 is 1.16 bits per heavy atom. The summed E-state index contributed by atoms with van der Waals surface area (Å²) in [5, 5.41) is 10.8. The van der Waals surface area contributed by atoms with Crippen molar-refractivity contribution in [3.05, 3.63) is 33.9 Å². The first kappa shape index (κ1) is 19.3. The molecular formula is C15H17NO7S2. The third kappa shape index (κ3) is 3.11. The van der Waals surface area contributed by atoms with Crippen LogP contribution in [0, 0.1) is 20.9 Å². The minimum absolute atomic E-state index is 0.0395. The summed E-state index contributed by atoms with van der Waals surface area (Å²) in [5.74, 6) is -1.23. The van der Waals surface area contributed by atoms with Gasteiger partial charge in [-0.3, -0.25) is 10.1 Å². The number of hydrogen-bond donors (Lipinski definition) is 0. The average Bonchev–Trinajstić information content (AvgIpc) is 2.44. The highest BCUT2D eigenvalue weighted by Crippen LogP contribution is 2.42. The van der Waals surface area contributed by atoms with Crippen LogP contribution in [0.2, 0.25) is 0 Å². The van der Waals surface area contributed by atoms with Crippen molar-refractivity contribution in [1.82, 2.24) is 0 Å². The summed E-state index contributed by atoms with van der Waals surface area (Å²) < 4.78 is 47.8. The summed E-state index contributed by atoms with van der Waals surface area (Å²) in [4.78, 5) is 21.4. The number of amides is 1. The van der Waals surface area contributed by atoms with Gasteiger partial charge in [0.2, 0.25) is 20.1 Å². The summed E-state index contributed by atoms with van der Waals surface area (Å²) in [5.41, 5.74) is -2.59. The molecule has 0 fully saturated rings. The smallest absolute Gasteiger partial charge is 0.256 e. The van der Waals surface area contributed by atoms with Crippen LogP contribution < -0.4 is 0 Å². The normalized spacial score (nSPS) is 15.2. The molecule has 1 aromatic carbocycles. The molecule has 2 aliphatic heterocycles. The van der Waals surface area contributed by atoms with E-state index in [9.17, 15) is 31.7 Å². The van der Waals surface area contributed by atoms with E-state index in [1.165, 1.54) is 45.9 Å². The van der Waals surface area contributed by atoms with E-state index in [0.29, 0.717) is 0 Å². The van der Waals surface area contributed by atoms with Crippen molar-refractivity contribution >= 4 is 30.9 Å². The van der Waals surface area contributed by atoms with Gasteiger partial charge >= 0.3 is 5.91 Å². The molecule has 25 heavy (non-hydrogen) atoms. The third-order valence-electron chi connectivity index (χ3n) is 4.21. The molecular weight excluding hydrogens is 370 g/mol. The SMILES string of the molecule is CC(C)(CC(C)(C)C(c1ccc2cc1S2(=O)=O)=S(=O)=O)C(=O)[N+](=O)[O-]. The monoisotopic (exact) mass is 387 g/mol. The molecule has 2 heterocycles. The Balaban J connectivity index is 2.56. The number of rotatable bonds is 5. The number of nitrogens with zero attached hydrogens (tertiary/aromatic N) is 1. The molecule has 0 unspecified atom stereocenters. The first-order chi connectivity index (χ1) is 11.2. The van der Waals surface area contributed by atoms with E-state index >= 15 is 0 Å². The molecule has 1 aromatic rings. The maximum Gasteiger partial charge on any atom is 0.450 e. The average molecular weight is 387 g/mol. The number of sulfone groups is 1. The van der Waals surface area contributed by atoms with Gasteiger partial charge in [0.15, 0.2) is 0 Å². The van der Waals surface area contributed by atoms with Crippen molar-refractivity contribution in [3.8, 4) is 0 Å². The van der Waals surface area contributed by atoms with Gasteiger partial charge in [-0.25, -0.2) is 13.2 Å². The van der Waals surface area contributed by atoms with E-state index in [1.54, 1.807) is 0 Å². The van der Waals surface area contributed by atoms with Gasteiger partial charge in [0.25, 0.3) is 0 Å². The predicted octanol–water partition coefficient (Wildman–Crippen LogP) is 1.48. The lowest BCUT2D eigenvalue weighted by Crippen LogP contribution is -2.39. The van der Waals surface area contributed by atoms with Crippen molar-refractivity contribution in [1.29, 1.82) is 0 Å². The maximum atomic E-state index is 12.0. The van der Waals surface area contributed by atoms with Crippen molar-refractivity contribution < 1.29 is 26.6 Å². The van der Waals surface area contributed by atoms with E-state index in [1.807, 2.05) is 0 Å². The second-order valence-corrected chi connectivity index (χ2v) is 10.0. The number of carbonyl (C=O) groups is 1. The Bertz CT molecular complexity index is 1020. The Labute approximate surface area is 146 Å². The zero-order valence-corrected chi connectivity index (χ0v) is 15.7. The lowest BCUT2D eigenvalue weighted by atomic mass is 9.71. The third-order valence-corrected chi connectivity index (χ3v) is 7.10. The van der Waals surface area contributed by atoms with Crippen molar-refractivity contribution in [2.75, 3.05) is 0 Å². The summed E-state index contributed by atoms with van der Waals surface area (Å²) in [6.07, 6.45) is -0.148. The molecule has 1 amide bonds. The number of hydrogen-bond acceptors (Lipinski definition) is 7. The Morgan fingerprint density at radius 2 is 1.72 bits per heavy atom. The van der Waals surface area contributed by atoms with Crippen LogP contribution in [0.15, 0.2) is 28.0 Å². The lowest BCUT2D eigenvalue weighted by molar-refractivity contribution is -0.411. The summed E-state index contributed by atoms with van der Waals surface area (Å²) in [7, 11) is -6.42. The van der Waals surface area contributed by atoms with Crippen LogP contribution in [0.25, 0.3) is 0 Å². The summed E-state index contributed by atoms with van der Waals surface area (Å²) in [6.45, 7) is 5.74. The molecule has 0 atom stereocenters. The highest BCUT2D eigenvalue weighted by atomic mass is 32.2. The first-order valence-corrected chi connectivity index (χ1v) is 9.83. The Kier molecular flexibility index (Phi) is 4.42. The molecule has 2 bridgehead atoms. The molecule has 3 rings (SSSR count). The minimum atomic E-state index is -3.64. The minimum Gasteiger partial charge on any atom is -0.256 e. The van der Waals surface area contributed by atoms with Crippen molar-refractivity contribution in [2.45, 2.75) is 43.9 Å². The maximum absolute atomic E-state index is 12.0. The molecule has 10 heteroatoms. The van der Waals surface area contributed by atoms with E-state index < -0.39 is 41.8 Å². The fourth-order valence-corrected chi connectivity index (χ4v) is 5.61. The van der Waals surface area contributed by atoms with Gasteiger partial charge in [-0.15, -0.1) is 0 Å². The van der Waals surface area contributed by atoms with Crippen LogP contribution in [0.4, 0.5) is 0 Å². The van der Waals surface area contributed by atoms with Crippen LogP contribution in [-0.4, -0.2) is 32.5 Å². The van der Waals surface area contributed by atoms with Gasteiger partial charge in [-0.05, 0) is 32.4 Å². The summed E-state index contributed by atoms with van der Waals surface area (Å²) in [6, 6.07) is 4.09.